The van der Waals surface area contributed by atoms with E-state index in [4.69, 9.17) is 0 Å². The Morgan fingerprint density at radius 3 is 2.58 bits per heavy atom. The molecule has 7 heteroatoms. The zero-order chi connectivity index (χ0) is 21.4. The van der Waals surface area contributed by atoms with Gasteiger partial charge in [0.2, 0.25) is 0 Å². The van der Waals surface area contributed by atoms with E-state index >= 15 is 0 Å². The number of fused-ring (bicyclic) bond motifs is 2. The van der Waals surface area contributed by atoms with Crippen LogP contribution in [0, 0.1) is 10.1 Å². The smallest absolute Gasteiger partial charge is 0.270 e. The molecule has 0 saturated heterocycles. The number of nitrogens with zero attached hydrogens (tertiary/aromatic N) is 3. The summed E-state index contributed by atoms with van der Waals surface area (Å²) in [7, 11) is 0. The van der Waals surface area contributed by atoms with Crippen molar-refractivity contribution in [1.82, 2.24) is 4.98 Å². The van der Waals surface area contributed by atoms with E-state index < -0.39 is 4.92 Å². The van der Waals surface area contributed by atoms with Crippen LogP contribution in [-0.4, -0.2) is 21.2 Å². The minimum atomic E-state index is -0.437. The second-order valence-corrected chi connectivity index (χ2v) is 7.98. The van der Waals surface area contributed by atoms with E-state index in [9.17, 15) is 15.2 Å². The molecule has 0 saturated carbocycles. The highest BCUT2D eigenvalue weighted by molar-refractivity contribution is 7.21. The van der Waals surface area contributed by atoms with Crippen LogP contribution < -0.4 is 0 Å². The summed E-state index contributed by atoms with van der Waals surface area (Å²) in [5.74, 6) is 0.0659. The number of hydrogen-bond donors (Lipinski definition) is 1. The standard InChI is InChI=1S/C24H15N3O3S/c28-22-12-7-16-13-18(27(29)30)10-11-19(16)20(22)14-25-17-8-5-15(6-9-17)24-26-21-3-1-2-4-23(21)31-24/h1-14,28H. The minimum Gasteiger partial charge on any atom is -0.507 e. The third-order valence-corrected chi connectivity index (χ3v) is 6.07. The summed E-state index contributed by atoms with van der Waals surface area (Å²) in [5, 5.41) is 23.6. The molecular formula is C24H15N3O3S. The Morgan fingerprint density at radius 2 is 1.81 bits per heavy atom. The Balaban J connectivity index is 1.45. The van der Waals surface area contributed by atoms with Crippen LogP contribution in [0.25, 0.3) is 31.6 Å². The van der Waals surface area contributed by atoms with Crippen LogP contribution in [-0.2, 0) is 0 Å². The number of aliphatic imine (C=N–C) groups is 1. The second-order valence-electron chi connectivity index (χ2n) is 6.95. The third kappa shape index (κ3) is 3.62. The fraction of sp³-hybridized carbons (Fsp3) is 0. The molecule has 0 unspecified atom stereocenters. The Kier molecular flexibility index (Phi) is 4.65. The van der Waals surface area contributed by atoms with Crippen molar-refractivity contribution >= 4 is 49.9 Å². The SMILES string of the molecule is O=[N+]([O-])c1ccc2c(C=Nc3ccc(-c4nc5ccccc5s4)cc3)c(O)ccc2c1. The van der Waals surface area contributed by atoms with E-state index in [0.717, 1.165) is 26.5 Å². The van der Waals surface area contributed by atoms with Gasteiger partial charge < -0.3 is 5.11 Å². The Bertz CT molecular complexity index is 1440. The fourth-order valence-electron chi connectivity index (χ4n) is 3.40. The first-order valence-corrected chi connectivity index (χ1v) is 10.3. The van der Waals surface area contributed by atoms with E-state index in [-0.39, 0.29) is 11.4 Å². The maximum absolute atomic E-state index is 11.0. The molecule has 0 aliphatic heterocycles. The maximum Gasteiger partial charge on any atom is 0.270 e. The zero-order valence-electron chi connectivity index (χ0n) is 16.1. The molecule has 0 aliphatic carbocycles. The number of nitro benzene ring substituents is 1. The first-order chi connectivity index (χ1) is 15.1. The maximum atomic E-state index is 11.0. The summed E-state index contributed by atoms with van der Waals surface area (Å²) < 4.78 is 1.14. The quantitative estimate of drug-likeness (QED) is 0.203. The molecule has 150 valence electrons. The Labute approximate surface area is 180 Å². The van der Waals surface area contributed by atoms with Gasteiger partial charge in [0.05, 0.1) is 20.8 Å². The van der Waals surface area contributed by atoms with Crippen molar-refractivity contribution in [1.29, 1.82) is 0 Å². The number of aromatic nitrogens is 1. The number of aromatic hydroxyl groups is 1. The summed E-state index contributed by atoms with van der Waals surface area (Å²) in [4.78, 5) is 19.7. The summed E-state index contributed by atoms with van der Waals surface area (Å²) in [6.07, 6.45) is 1.58. The number of phenolic OH excluding ortho intramolecular Hbond substituents is 1. The van der Waals surface area contributed by atoms with Crippen molar-refractivity contribution in [2.24, 2.45) is 4.99 Å². The molecule has 4 aromatic carbocycles. The van der Waals surface area contributed by atoms with E-state index in [1.165, 1.54) is 18.2 Å². The van der Waals surface area contributed by atoms with E-state index in [1.807, 2.05) is 42.5 Å². The molecular weight excluding hydrogens is 410 g/mol. The number of non-ortho nitro benzene ring substituents is 1. The summed E-state index contributed by atoms with van der Waals surface area (Å²) in [5.41, 5.74) is 3.24. The van der Waals surface area contributed by atoms with Gasteiger partial charge in [0.15, 0.2) is 0 Å². The Morgan fingerprint density at radius 1 is 1.00 bits per heavy atom. The largest absolute Gasteiger partial charge is 0.507 e. The normalized spacial score (nSPS) is 11.5. The molecule has 1 heterocycles. The van der Waals surface area contributed by atoms with Gasteiger partial charge in [-0.3, -0.25) is 15.1 Å². The molecule has 5 aromatic rings. The number of hydrogen-bond acceptors (Lipinski definition) is 6. The van der Waals surface area contributed by atoms with Gasteiger partial charge in [0.1, 0.15) is 10.8 Å². The topological polar surface area (TPSA) is 88.6 Å². The average Bonchev–Trinajstić information content (AvgIpc) is 3.23. The minimum absolute atomic E-state index is 0.00603. The highest BCUT2D eigenvalue weighted by atomic mass is 32.1. The van der Waals surface area contributed by atoms with Crippen LogP contribution in [0.4, 0.5) is 11.4 Å². The number of rotatable bonds is 4. The molecule has 0 aliphatic rings. The molecule has 0 atom stereocenters. The van der Waals surface area contributed by atoms with Crippen molar-refractivity contribution in [3.05, 3.63) is 94.5 Å². The number of phenols is 1. The van der Waals surface area contributed by atoms with Crippen molar-refractivity contribution < 1.29 is 10.0 Å². The van der Waals surface area contributed by atoms with Gasteiger partial charge in [-0.25, -0.2) is 4.98 Å². The third-order valence-electron chi connectivity index (χ3n) is 4.98. The average molecular weight is 425 g/mol. The lowest BCUT2D eigenvalue weighted by Crippen LogP contribution is -1.90. The van der Waals surface area contributed by atoms with Gasteiger partial charge in [-0.1, -0.05) is 18.2 Å². The summed E-state index contributed by atoms with van der Waals surface area (Å²) in [6, 6.07) is 23.5. The fourth-order valence-corrected chi connectivity index (χ4v) is 4.37. The van der Waals surface area contributed by atoms with Crippen LogP contribution in [0.15, 0.2) is 83.9 Å². The number of para-hydroxylation sites is 1. The molecule has 0 fully saturated rings. The van der Waals surface area contributed by atoms with E-state index in [0.29, 0.717) is 16.3 Å². The number of thiazole rings is 1. The predicted octanol–water partition coefficient (Wildman–Crippen LogP) is 6.48. The Hall–Kier alpha value is -4.10. The van der Waals surface area contributed by atoms with Crippen LogP contribution >= 0.6 is 11.3 Å². The van der Waals surface area contributed by atoms with Crippen molar-refractivity contribution in [2.75, 3.05) is 0 Å². The van der Waals surface area contributed by atoms with E-state index in [1.54, 1.807) is 29.7 Å². The van der Waals surface area contributed by atoms with Gasteiger partial charge in [-0.15, -0.1) is 11.3 Å². The molecule has 0 radical (unpaired) electrons. The molecule has 6 nitrogen and oxygen atoms in total. The molecule has 0 bridgehead atoms. The van der Waals surface area contributed by atoms with Crippen LogP contribution in [0.5, 0.6) is 5.75 Å². The first-order valence-electron chi connectivity index (χ1n) is 9.49. The van der Waals surface area contributed by atoms with Crippen molar-refractivity contribution in [2.45, 2.75) is 0 Å². The van der Waals surface area contributed by atoms with Gasteiger partial charge >= 0.3 is 0 Å². The molecule has 1 aromatic heterocycles. The molecule has 5 rings (SSSR count). The van der Waals surface area contributed by atoms with Gasteiger partial charge in [0.25, 0.3) is 5.69 Å². The lowest BCUT2D eigenvalue weighted by Gasteiger charge is -2.05. The summed E-state index contributed by atoms with van der Waals surface area (Å²) >= 11 is 1.64. The lowest BCUT2D eigenvalue weighted by atomic mass is 10.0. The predicted molar refractivity (Wildman–Crippen MR) is 125 cm³/mol. The molecule has 0 spiro atoms. The van der Waals surface area contributed by atoms with E-state index in [2.05, 4.69) is 16.0 Å². The first kappa shape index (κ1) is 18.9. The highest BCUT2D eigenvalue weighted by Gasteiger charge is 2.11. The van der Waals surface area contributed by atoms with Crippen molar-refractivity contribution in [3.63, 3.8) is 0 Å². The highest BCUT2D eigenvalue weighted by Crippen LogP contribution is 2.32. The van der Waals surface area contributed by atoms with Gasteiger partial charge in [-0.2, -0.15) is 0 Å². The van der Waals surface area contributed by atoms with Gasteiger partial charge in [-0.05, 0) is 59.3 Å². The van der Waals surface area contributed by atoms with Gasteiger partial charge in [0, 0.05) is 29.5 Å². The van der Waals surface area contributed by atoms with Crippen LogP contribution in [0.1, 0.15) is 5.56 Å². The van der Waals surface area contributed by atoms with Crippen LogP contribution in [0.3, 0.4) is 0 Å². The zero-order valence-corrected chi connectivity index (χ0v) is 16.9. The number of benzene rings is 4. The lowest BCUT2D eigenvalue weighted by molar-refractivity contribution is -0.384. The monoisotopic (exact) mass is 425 g/mol. The number of nitro groups is 1. The summed E-state index contributed by atoms with van der Waals surface area (Å²) in [6.45, 7) is 0. The van der Waals surface area contributed by atoms with Crippen LogP contribution in [0.2, 0.25) is 0 Å². The second kappa shape index (κ2) is 7.62. The molecule has 1 N–H and O–H groups in total. The molecule has 0 amide bonds. The van der Waals surface area contributed by atoms with Crippen molar-refractivity contribution in [3.8, 4) is 16.3 Å². The molecule has 31 heavy (non-hydrogen) atoms.